The Kier molecular flexibility index (Phi) is 3.77. The molecular weight excluding hydrogens is 218 g/mol. The molecule has 2 rings (SSSR count). The van der Waals surface area contributed by atoms with Gasteiger partial charge in [-0.15, -0.1) is 0 Å². The maximum absolute atomic E-state index is 11.2. The SMILES string of the molecule is NC(=O)C(=COCC1CO1)Cc1ccccc1. The van der Waals surface area contributed by atoms with Gasteiger partial charge in [-0.1, -0.05) is 30.3 Å². The van der Waals surface area contributed by atoms with Gasteiger partial charge in [0.05, 0.1) is 18.4 Å². The van der Waals surface area contributed by atoms with Crippen LogP contribution in [0.5, 0.6) is 0 Å². The molecular formula is C13H15NO3. The Morgan fingerprint density at radius 3 is 2.76 bits per heavy atom. The molecule has 0 aromatic heterocycles. The second kappa shape index (κ2) is 5.50. The second-order valence-corrected chi connectivity index (χ2v) is 3.96. The standard InChI is InChI=1S/C13H15NO3/c14-13(15)11(7-16-8-12-9-17-12)6-10-4-2-1-3-5-10/h1-5,7,12H,6,8-9H2,(H2,14,15). The van der Waals surface area contributed by atoms with Crippen LogP contribution in [0.1, 0.15) is 5.56 Å². The number of hydrogen-bond donors (Lipinski definition) is 1. The molecule has 1 amide bonds. The molecule has 1 aromatic rings. The molecule has 4 nitrogen and oxygen atoms in total. The van der Waals surface area contributed by atoms with E-state index in [1.165, 1.54) is 6.26 Å². The third kappa shape index (κ3) is 3.92. The van der Waals surface area contributed by atoms with E-state index in [1.54, 1.807) is 0 Å². The van der Waals surface area contributed by atoms with Gasteiger partial charge >= 0.3 is 0 Å². The lowest BCUT2D eigenvalue weighted by Crippen LogP contribution is -2.16. The molecule has 0 spiro atoms. The Hall–Kier alpha value is -1.81. The molecule has 1 atom stereocenters. The molecule has 1 fully saturated rings. The van der Waals surface area contributed by atoms with E-state index in [0.29, 0.717) is 18.6 Å². The van der Waals surface area contributed by atoms with Crippen molar-refractivity contribution in [3.8, 4) is 0 Å². The molecule has 1 heterocycles. The zero-order valence-corrected chi connectivity index (χ0v) is 9.46. The predicted octanol–water partition coefficient (Wildman–Crippen LogP) is 1.01. The molecule has 0 radical (unpaired) electrons. The number of ether oxygens (including phenoxy) is 2. The first-order valence-electron chi connectivity index (χ1n) is 5.51. The van der Waals surface area contributed by atoms with Crippen molar-refractivity contribution in [2.45, 2.75) is 12.5 Å². The molecule has 0 saturated carbocycles. The summed E-state index contributed by atoms with van der Waals surface area (Å²) in [6.45, 7) is 1.21. The van der Waals surface area contributed by atoms with Crippen LogP contribution in [0.15, 0.2) is 42.2 Å². The largest absolute Gasteiger partial charge is 0.498 e. The first-order chi connectivity index (χ1) is 8.25. The number of hydrogen-bond acceptors (Lipinski definition) is 3. The highest BCUT2D eigenvalue weighted by molar-refractivity contribution is 5.92. The Bertz CT molecular complexity index is 410. The molecule has 90 valence electrons. The quantitative estimate of drug-likeness (QED) is 0.453. The van der Waals surface area contributed by atoms with Crippen molar-refractivity contribution in [3.05, 3.63) is 47.7 Å². The van der Waals surface area contributed by atoms with Crippen LogP contribution in [0, 0.1) is 0 Å². The molecule has 0 aliphatic carbocycles. The normalized spacial score (nSPS) is 18.8. The lowest BCUT2D eigenvalue weighted by molar-refractivity contribution is -0.114. The third-order valence-corrected chi connectivity index (χ3v) is 2.46. The monoisotopic (exact) mass is 233 g/mol. The van der Waals surface area contributed by atoms with Gasteiger partial charge in [0.25, 0.3) is 0 Å². The van der Waals surface area contributed by atoms with Gasteiger partial charge in [0, 0.05) is 6.42 Å². The first kappa shape index (κ1) is 11.7. The van der Waals surface area contributed by atoms with Crippen LogP contribution in [0.3, 0.4) is 0 Å². The number of amides is 1. The minimum atomic E-state index is -0.453. The van der Waals surface area contributed by atoms with Crippen LogP contribution in [-0.2, 0) is 20.7 Å². The number of benzene rings is 1. The van der Waals surface area contributed by atoms with Gasteiger partial charge in [-0.05, 0) is 5.56 Å². The zero-order valence-electron chi connectivity index (χ0n) is 9.46. The summed E-state index contributed by atoms with van der Waals surface area (Å²) in [6, 6.07) is 9.67. The molecule has 1 aliphatic rings. The summed E-state index contributed by atoms with van der Waals surface area (Å²) in [5.41, 5.74) is 6.80. The highest BCUT2D eigenvalue weighted by atomic mass is 16.6. The molecule has 4 heteroatoms. The number of epoxide rings is 1. The van der Waals surface area contributed by atoms with Crippen LogP contribution < -0.4 is 5.73 Å². The van der Waals surface area contributed by atoms with Gasteiger partial charge in [0.2, 0.25) is 5.91 Å². The number of nitrogens with two attached hydrogens (primary N) is 1. The van der Waals surface area contributed by atoms with Crippen LogP contribution in [0.2, 0.25) is 0 Å². The molecule has 1 saturated heterocycles. The van der Waals surface area contributed by atoms with E-state index >= 15 is 0 Å². The van der Waals surface area contributed by atoms with Crippen LogP contribution in [0.4, 0.5) is 0 Å². The highest BCUT2D eigenvalue weighted by Crippen LogP contribution is 2.11. The number of rotatable bonds is 6. The van der Waals surface area contributed by atoms with Crippen molar-refractivity contribution in [1.82, 2.24) is 0 Å². The van der Waals surface area contributed by atoms with Crippen molar-refractivity contribution in [3.63, 3.8) is 0 Å². The summed E-state index contributed by atoms with van der Waals surface area (Å²) < 4.78 is 10.3. The van der Waals surface area contributed by atoms with E-state index < -0.39 is 5.91 Å². The molecule has 17 heavy (non-hydrogen) atoms. The fourth-order valence-corrected chi connectivity index (χ4v) is 1.42. The summed E-state index contributed by atoms with van der Waals surface area (Å²) in [5.74, 6) is -0.453. The molecule has 1 aliphatic heterocycles. The van der Waals surface area contributed by atoms with Gasteiger partial charge in [0.15, 0.2) is 0 Å². The van der Waals surface area contributed by atoms with Crippen LogP contribution >= 0.6 is 0 Å². The maximum Gasteiger partial charge on any atom is 0.248 e. The topological polar surface area (TPSA) is 64.9 Å². The van der Waals surface area contributed by atoms with Crippen molar-refractivity contribution in [2.75, 3.05) is 13.2 Å². The molecule has 0 bridgehead atoms. The van der Waals surface area contributed by atoms with Gasteiger partial charge < -0.3 is 15.2 Å². The zero-order chi connectivity index (χ0) is 12.1. The van der Waals surface area contributed by atoms with Gasteiger partial charge in [-0.2, -0.15) is 0 Å². The smallest absolute Gasteiger partial charge is 0.248 e. The Morgan fingerprint density at radius 1 is 1.47 bits per heavy atom. The van der Waals surface area contributed by atoms with E-state index in [0.717, 1.165) is 12.2 Å². The van der Waals surface area contributed by atoms with Gasteiger partial charge in [-0.25, -0.2) is 0 Å². The third-order valence-electron chi connectivity index (χ3n) is 2.46. The lowest BCUT2D eigenvalue weighted by atomic mass is 10.1. The number of primary amides is 1. The molecule has 2 N–H and O–H groups in total. The maximum atomic E-state index is 11.2. The summed E-state index contributed by atoms with van der Waals surface area (Å²) in [7, 11) is 0. The van der Waals surface area contributed by atoms with Crippen molar-refractivity contribution in [2.24, 2.45) is 5.73 Å². The predicted molar refractivity (Wildman–Crippen MR) is 63.1 cm³/mol. The first-order valence-corrected chi connectivity index (χ1v) is 5.51. The van der Waals surface area contributed by atoms with Crippen LogP contribution in [-0.4, -0.2) is 25.2 Å². The fraction of sp³-hybridized carbons (Fsp3) is 0.308. The minimum Gasteiger partial charge on any atom is -0.498 e. The highest BCUT2D eigenvalue weighted by Gasteiger charge is 2.22. The van der Waals surface area contributed by atoms with Crippen molar-refractivity contribution < 1.29 is 14.3 Å². The van der Waals surface area contributed by atoms with Crippen LogP contribution in [0.25, 0.3) is 0 Å². The Morgan fingerprint density at radius 2 is 2.18 bits per heavy atom. The average Bonchev–Trinajstić information content (AvgIpc) is 3.13. The average molecular weight is 233 g/mol. The Balaban J connectivity index is 1.93. The van der Waals surface area contributed by atoms with E-state index in [-0.39, 0.29) is 6.10 Å². The summed E-state index contributed by atoms with van der Waals surface area (Å²) >= 11 is 0. The number of carbonyl (C=O) groups is 1. The molecule has 1 aromatic carbocycles. The summed E-state index contributed by atoms with van der Waals surface area (Å²) in [6.07, 6.45) is 2.11. The second-order valence-electron chi connectivity index (χ2n) is 3.96. The van der Waals surface area contributed by atoms with Crippen molar-refractivity contribution in [1.29, 1.82) is 0 Å². The fourth-order valence-electron chi connectivity index (χ4n) is 1.42. The number of carbonyl (C=O) groups excluding carboxylic acids is 1. The van der Waals surface area contributed by atoms with Gasteiger partial charge in [-0.3, -0.25) is 4.79 Å². The van der Waals surface area contributed by atoms with Crippen molar-refractivity contribution >= 4 is 5.91 Å². The Labute approximate surface area is 100 Å². The van der Waals surface area contributed by atoms with E-state index in [4.69, 9.17) is 15.2 Å². The van der Waals surface area contributed by atoms with Gasteiger partial charge in [0.1, 0.15) is 12.7 Å². The lowest BCUT2D eigenvalue weighted by Gasteiger charge is -2.04. The van der Waals surface area contributed by atoms with E-state index in [9.17, 15) is 4.79 Å². The van der Waals surface area contributed by atoms with E-state index in [2.05, 4.69) is 0 Å². The van der Waals surface area contributed by atoms with E-state index in [1.807, 2.05) is 30.3 Å². The molecule has 1 unspecified atom stereocenters. The summed E-state index contributed by atoms with van der Waals surface area (Å²) in [5, 5.41) is 0. The minimum absolute atomic E-state index is 0.178. The summed E-state index contributed by atoms with van der Waals surface area (Å²) in [4.78, 5) is 11.2.